The van der Waals surface area contributed by atoms with E-state index < -0.39 is 0 Å². The number of ether oxygens (including phenoxy) is 1. The lowest BCUT2D eigenvalue weighted by Gasteiger charge is -2.31. The molecule has 1 amide bonds. The van der Waals surface area contributed by atoms with Crippen molar-refractivity contribution in [2.24, 2.45) is 0 Å². The average Bonchev–Trinajstić information content (AvgIpc) is 3.33. The third kappa shape index (κ3) is 2.77. The third-order valence-electron chi connectivity index (χ3n) is 4.53. The van der Waals surface area contributed by atoms with Crippen LogP contribution in [0.4, 0.5) is 0 Å². The van der Waals surface area contributed by atoms with E-state index in [0.717, 1.165) is 29.8 Å². The van der Waals surface area contributed by atoms with Gasteiger partial charge in [-0.25, -0.2) is 4.68 Å². The molecule has 23 heavy (non-hydrogen) atoms. The summed E-state index contributed by atoms with van der Waals surface area (Å²) in [6.45, 7) is 3.93. The van der Waals surface area contributed by atoms with Crippen LogP contribution in [-0.4, -0.2) is 46.4 Å². The van der Waals surface area contributed by atoms with Gasteiger partial charge in [-0.15, -0.1) is 0 Å². The molecule has 0 unspecified atom stereocenters. The number of morpholine rings is 1. The number of rotatable bonds is 3. The van der Waals surface area contributed by atoms with Crippen molar-refractivity contribution in [2.45, 2.75) is 31.8 Å². The summed E-state index contributed by atoms with van der Waals surface area (Å²) in [5.74, 6) is 0.541. The molecule has 120 valence electrons. The van der Waals surface area contributed by atoms with Crippen molar-refractivity contribution in [1.29, 1.82) is 0 Å². The maximum Gasteiger partial charge on any atom is 0.257 e. The Labute approximate surface area is 135 Å². The second-order valence-corrected chi connectivity index (χ2v) is 6.40. The van der Waals surface area contributed by atoms with Gasteiger partial charge < -0.3 is 9.64 Å². The molecule has 5 heteroatoms. The van der Waals surface area contributed by atoms with Gasteiger partial charge in [0.2, 0.25) is 0 Å². The Morgan fingerprint density at radius 3 is 2.74 bits per heavy atom. The van der Waals surface area contributed by atoms with Gasteiger partial charge in [-0.3, -0.25) is 4.79 Å². The molecule has 1 aliphatic carbocycles. The average molecular weight is 311 g/mol. The summed E-state index contributed by atoms with van der Waals surface area (Å²) in [5, 5.41) is 4.52. The zero-order valence-corrected chi connectivity index (χ0v) is 13.3. The molecule has 5 nitrogen and oxygen atoms in total. The molecule has 1 aliphatic heterocycles. The molecule has 1 saturated carbocycles. The topological polar surface area (TPSA) is 47.4 Å². The molecule has 0 radical (unpaired) electrons. The molecule has 4 rings (SSSR count). The van der Waals surface area contributed by atoms with Gasteiger partial charge in [-0.2, -0.15) is 5.10 Å². The Bertz CT molecular complexity index is 706. The van der Waals surface area contributed by atoms with Gasteiger partial charge in [0.15, 0.2) is 0 Å². The third-order valence-corrected chi connectivity index (χ3v) is 4.53. The van der Waals surface area contributed by atoms with Crippen molar-refractivity contribution in [3.05, 3.63) is 47.8 Å². The van der Waals surface area contributed by atoms with Crippen LogP contribution >= 0.6 is 0 Å². The predicted molar refractivity (Wildman–Crippen MR) is 86.9 cm³/mol. The number of carbonyl (C=O) groups excluding carboxylic acids is 1. The van der Waals surface area contributed by atoms with Crippen molar-refractivity contribution < 1.29 is 9.53 Å². The van der Waals surface area contributed by atoms with Gasteiger partial charge in [0, 0.05) is 19.0 Å². The maximum absolute atomic E-state index is 13.0. The first-order valence-corrected chi connectivity index (χ1v) is 8.28. The second kappa shape index (κ2) is 5.81. The van der Waals surface area contributed by atoms with Crippen molar-refractivity contribution in [2.75, 3.05) is 19.7 Å². The smallest absolute Gasteiger partial charge is 0.257 e. The maximum atomic E-state index is 13.0. The van der Waals surface area contributed by atoms with Gasteiger partial charge in [-0.1, -0.05) is 18.2 Å². The number of nitrogens with zero attached hydrogens (tertiary/aromatic N) is 3. The van der Waals surface area contributed by atoms with E-state index in [1.165, 1.54) is 0 Å². The highest BCUT2D eigenvalue weighted by atomic mass is 16.5. The minimum atomic E-state index is 0.0873. The minimum Gasteiger partial charge on any atom is -0.375 e. The zero-order valence-electron chi connectivity index (χ0n) is 13.3. The summed E-state index contributed by atoms with van der Waals surface area (Å²) >= 11 is 0. The van der Waals surface area contributed by atoms with Crippen LogP contribution in [-0.2, 0) is 4.74 Å². The van der Waals surface area contributed by atoms with E-state index in [-0.39, 0.29) is 12.0 Å². The fraction of sp³-hybridized carbons (Fsp3) is 0.444. The van der Waals surface area contributed by atoms with Gasteiger partial charge in [0.05, 0.1) is 35.9 Å². The van der Waals surface area contributed by atoms with Crippen molar-refractivity contribution in [3.63, 3.8) is 0 Å². The van der Waals surface area contributed by atoms with Crippen molar-refractivity contribution in [3.8, 4) is 5.69 Å². The Morgan fingerprint density at radius 1 is 1.26 bits per heavy atom. The van der Waals surface area contributed by atoms with Crippen LogP contribution in [0.15, 0.2) is 36.5 Å². The standard InChI is InChI=1S/C18H21N3O2/c1-13-12-20(9-10-23-13)18(22)16-11-19-21(17(16)14-7-8-14)15-5-3-2-4-6-15/h2-6,11,13-14H,7-10,12H2,1H3/t13-/m0/s1. The number of carbonyl (C=O) groups is 1. The van der Waals surface area contributed by atoms with E-state index in [1.54, 1.807) is 6.20 Å². The second-order valence-electron chi connectivity index (χ2n) is 6.40. The summed E-state index contributed by atoms with van der Waals surface area (Å²) in [5.41, 5.74) is 2.84. The number of hydrogen-bond acceptors (Lipinski definition) is 3. The SMILES string of the molecule is C[C@H]1CN(C(=O)c2cnn(-c3ccccc3)c2C2CC2)CCO1. The van der Waals surface area contributed by atoms with Crippen LogP contribution in [0, 0.1) is 0 Å². The fourth-order valence-corrected chi connectivity index (χ4v) is 3.22. The fourth-order valence-electron chi connectivity index (χ4n) is 3.22. The molecule has 0 N–H and O–H groups in total. The van der Waals surface area contributed by atoms with E-state index in [1.807, 2.05) is 46.8 Å². The largest absolute Gasteiger partial charge is 0.375 e. The molecule has 0 bridgehead atoms. The Balaban J connectivity index is 1.69. The van der Waals surface area contributed by atoms with Crippen molar-refractivity contribution >= 4 is 5.91 Å². The van der Waals surface area contributed by atoms with Crippen LogP contribution in [0.3, 0.4) is 0 Å². The summed E-state index contributed by atoms with van der Waals surface area (Å²) in [7, 11) is 0. The molecule has 2 fully saturated rings. The van der Waals surface area contributed by atoms with Crippen LogP contribution < -0.4 is 0 Å². The number of aromatic nitrogens is 2. The molecular formula is C18H21N3O2. The number of para-hydroxylation sites is 1. The number of amides is 1. The highest BCUT2D eigenvalue weighted by molar-refractivity contribution is 5.95. The molecule has 2 aliphatic rings. The van der Waals surface area contributed by atoms with E-state index in [2.05, 4.69) is 5.10 Å². The molecule has 1 aromatic carbocycles. The summed E-state index contributed by atoms with van der Waals surface area (Å²) in [6.07, 6.45) is 4.11. The molecule has 1 saturated heterocycles. The normalized spacial score (nSPS) is 21.4. The van der Waals surface area contributed by atoms with Crippen LogP contribution in [0.25, 0.3) is 5.69 Å². The monoisotopic (exact) mass is 311 g/mol. The van der Waals surface area contributed by atoms with Gasteiger partial charge in [-0.05, 0) is 31.9 Å². The van der Waals surface area contributed by atoms with Crippen molar-refractivity contribution in [1.82, 2.24) is 14.7 Å². The van der Waals surface area contributed by atoms with Crippen LogP contribution in [0.5, 0.6) is 0 Å². The van der Waals surface area contributed by atoms with E-state index >= 15 is 0 Å². The summed E-state index contributed by atoms with van der Waals surface area (Å²) in [6, 6.07) is 10.1. The summed E-state index contributed by atoms with van der Waals surface area (Å²) < 4.78 is 7.48. The minimum absolute atomic E-state index is 0.0873. The van der Waals surface area contributed by atoms with E-state index in [4.69, 9.17) is 4.74 Å². The molecule has 2 aromatic rings. The lowest BCUT2D eigenvalue weighted by molar-refractivity contribution is -0.0124. The van der Waals surface area contributed by atoms with E-state index in [9.17, 15) is 4.79 Å². The molecular weight excluding hydrogens is 290 g/mol. The first kappa shape index (κ1) is 14.5. The highest BCUT2D eigenvalue weighted by Crippen LogP contribution is 2.42. The number of hydrogen-bond donors (Lipinski definition) is 0. The first-order chi connectivity index (χ1) is 11.2. The highest BCUT2D eigenvalue weighted by Gasteiger charge is 2.35. The Kier molecular flexibility index (Phi) is 3.65. The predicted octanol–water partition coefficient (Wildman–Crippen LogP) is 2.61. The van der Waals surface area contributed by atoms with Gasteiger partial charge in [0.1, 0.15) is 0 Å². The zero-order chi connectivity index (χ0) is 15.8. The van der Waals surface area contributed by atoms with E-state index in [0.29, 0.717) is 25.6 Å². The van der Waals surface area contributed by atoms with Gasteiger partial charge >= 0.3 is 0 Å². The van der Waals surface area contributed by atoms with Crippen LogP contribution in [0.2, 0.25) is 0 Å². The number of benzene rings is 1. The summed E-state index contributed by atoms with van der Waals surface area (Å²) in [4.78, 5) is 14.9. The molecule has 1 atom stereocenters. The molecule has 0 spiro atoms. The van der Waals surface area contributed by atoms with Crippen LogP contribution in [0.1, 0.15) is 41.7 Å². The lowest BCUT2D eigenvalue weighted by Crippen LogP contribution is -2.44. The Morgan fingerprint density at radius 2 is 2.04 bits per heavy atom. The first-order valence-electron chi connectivity index (χ1n) is 8.28. The lowest BCUT2D eigenvalue weighted by atomic mass is 10.1. The molecule has 1 aromatic heterocycles. The quantitative estimate of drug-likeness (QED) is 0.875. The van der Waals surface area contributed by atoms with Gasteiger partial charge in [0.25, 0.3) is 5.91 Å². The Hall–Kier alpha value is -2.14. The molecule has 2 heterocycles.